The molecule has 4 rings (SSSR count). The van der Waals surface area contributed by atoms with Crippen LogP contribution in [-0.4, -0.2) is 14.6 Å². The number of para-hydroxylation sites is 1. The first-order valence-corrected chi connectivity index (χ1v) is 7.89. The highest BCUT2D eigenvalue weighted by molar-refractivity contribution is 5.91. The van der Waals surface area contributed by atoms with Crippen LogP contribution in [0.15, 0.2) is 54.6 Å². The molecule has 120 valence electrons. The summed E-state index contributed by atoms with van der Waals surface area (Å²) in [6.07, 6.45) is 0. The molecule has 0 fully saturated rings. The molecule has 0 unspecified atom stereocenters. The van der Waals surface area contributed by atoms with Crippen LogP contribution in [0.4, 0.5) is 10.2 Å². The molecule has 1 N–H and O–H groups in total. The zero-order chi connectivity index (χ0) is 16.7. The van der Waals surface area contributed by atoms with Gasteiger partial charge in [0.25, 0.3) is 0 Å². The normalized spacial score (nSPS) is 12.6. The molecule has 0 bridgehead atoms. The number of fused-ring (bicyclic) bond motifs is 3. The van der Waals surface area contributed by atoms with Gasteiger partial charge >= 0.3 is 0 Å². The Labute approximate surface area is 139 Å². The standard InChI is InChI=1S/C19H17FN4/c1-12-11-18-22-19(16-5-3-4-6-17(16)24(18)23-12)21-13(2)14-7-9-15(20)10-8-14/h3-11,13H,1-2H3,(H,21,22)/t13-/m1/s1. The molecule has 1 atom stereocenters. The highest BCUT2D eigenvalue weighted by Crippen LogP contribution is 2.26. The Morgan fingerprint density at radius 2 is 1.83 bits per heavy atom. The maximum atomic E-state index is 13.1. The molecule has 0 aliphatic heterocycles. The average Bonchev–Trinajstić information content (AvgIpc) is 2.96. The Balaban J connectivity index is 1.81. The van der Waals surface area contributed by atoms with Crippen molar-refractivity contribution in [2.45, 2.75) is 19.9 Å². The fraction of sp³-hybridized carbons (Fsp3) is 0.158. The number of aromatic nitrogens is 3. The van der Waals surface area contributed by atoms with Crippen LogP contribution in [0.2, 0.25) is 0 Å². The second kappa shape index (κ2) is 5.60. The number of hydrogen-bond acceptors (Lipinski definition) is 3. The fourth-order valence-electron chi connectivity index (χ4n) is 2.93. The minimum atomic E-state index is -0.231. The lowest BCUT2D eigenvalue weighted by Gasteiger charge is -2.17. The van der Waals surface area contributed by atoms with E-state index in [0.29, 0.717) is 0 Å². The van der Waals surface area contributed by atoms with Gasteiger partial charge in [-0.05, 0) is 43.7 Å². The van der Waals surface area contributed by atoms with E-state index in [1.165, 1.54) is 12.1 Å². The molecule has 0 saturated carbocycles. The van der Waals surface area contributed by atoms with Gasteiger partial charge in [0.15, 0.2) is 5.65 Å². The molecule has 5 heteroatoms. The van der Waals surface area contributed by atoms with Crippen molar-refractivity contribution in [2.24, 2.45) is 0 Å². The van der Waals surface area contributed by atoms with Crippen molar-refractivity contribution in [3.8, 4) is 0 Å². The predicted molar refractivity (Wildman–Crippen MR) is 93.7 cm³/mol. The SMILES string of the molecule is Cc1cc2nc(N[C@H](C)c3ccc(F)cc3)c3ccccc3n2n1. The first kappa shape index (κ1) is 14.6. The summed E-state index contributed by atoms with van der Waals surface area (Å²) in [6.45, 7) is 3.99. The number of nitrogens with zero attached hydrogens (tertiary/aromatic N) is 3. The largest absolute Gasteiger partial charge is 0.363 e. The summed E-state index contributed by atoms with van der Waals surface area (Å²) in [5, 5.41) is 8.96. The van der Waals surface area contributed by atoms with Crippen molar-refractivity contribution in [2.75, 3.05) is 5.32 Å². The van der Waals surface area contributed by atoms with E-state index in [2.05, 4.69) is 10.4 Å². The third-order valence-corrected chi connectivity index (χ3v) is 4.15. The van der Waals surface area contributed by atoms with E-state index in [1.54, 1.807) is 12.1 Å². The van der Waals surface area contributed by atoms with Gasteiger partial charge in [0, 0.05) is 17.5 Å². The van der Waals surface area contributed by atoms with Gasteiger partial charge in [-0.1, -0.05) is 24.3 Å². The molecule has 0 saturated heterocycles. The molecule has 2 aromatic carbocycles. The number of hydrogen-bond donors (Lipinski definition) is 1. The van der Waals surface area contributed by atoms with Crippen LogP contribution in [0.3, 0.4) is 0 Å². The monoisotopic (exact) mass is 320 g/mol. The summed E-state index contributed by atoms with van der Waals surface area (Å²) in [5.74, 6) is 0.570. The van der Waals surface area contributed by atoms with Gasteiger partial charge in [-0.15, -0.1) is 0 Å². The highest BCUT2D eigenvalue weighted by atomic mass is 19.1. The van der Waals surface area contributed by atoms with Crippen LogP contribution in [0.1, 0.15) is 24.2 Å². The Hall–Kier alpha value is -2.95. The molecular formula is C19H17FN4. The van der Waals surface area contributed by atoms with Gasteiger partial charge < -0.3 is 5.32 Å². The van der Waals surface area contributed by atoms with Crippen LogP contribution in [0.25, 0.3) is 16.6 Å². The van der Waals surface area contributed by atoms with E-state index in [-0.39, 0.29) is 11.9 Å². The number of nitrogens with one attached hydrogen (secondary N) is 1. The molecule has 4 aromatic rings. The molecule has 0 radical (unpaired) electrons. The summed E-state index contributed by atoms with van der Waals surface area (Å²) in [7, 11) is 0. The minimum Gasteiger partial charge on any atom is -0.363 e. The first-order valence-electron chi connectivity index (χ1n) is 7.89. The number of rotatable bonds is 3. The van der Waals surface area contributed by atoms with Crippen molar-refractivity contribution in [1.29, 1.82) is 0 Å². The van der Waals surface area contributed by atoms with Crippen LogP contribution >= 0.6 is 0 Å². The number of halogens is 1. The first-order chi connectivity index (χ1) is 11.6. The van der Waals surface area contributed by atoms with E-state index in [9.17, 15) is 4.39 Å². The lowest BCUT2D eigenvalue weighted by Crippen LogP contribution is -2.09. The maximum Gasteiger partial charge on any atom is 0.158 e. The minimum absolute atomic E-state index is 0.00738. The third kappa shape index (κ3) is 2.48. The zero-order valence-corrected chi connectivity index (χ0v) is 13.5. The van der Waals surface area contributed by atoms with Gasteiger partial charge in [0.1, 0.15) is 11.6 Å². The molecule has 2 aromatic heterocycles. The molecule has 24 heavy (non-hydrogen) atoms. The van der Waals surface area contributed by atoms with Gasteiger partial charge in [0.05, 0.1) is 11.2 Å². The molecule has 0 spiro atoms. The Morgan fingerprint density at radius 1 is 1.08 bits per heavy atom. The van der Waals surface area contributed by atoms with Crippen molar-refractivity contribution >= 4 is 22.4 Å². The molecule has 0 aliphatic rings. The lowest BCUT2D eigenvalue weighted by atomic mass is 10.1. The highest BCUT2D eigenvalue weighted by Gasteiger charge is 2.13. The Morgan fingerprint density at radius 3 is 2.62 bits per heavy atom. The van der Waals surface area contributed by atoms with Crippen LogP contribution < -0.4 is 5.32 Å². The van der Waals surface area contributed by atoms with Crippen molar-refractivity contribution in [1.82, 2.24) is 14.6 Å². The summed E-state index contributed by atoms with van der Waals surface area (Å²) in [4.78, 5) is 4.72. The van der Waals surface area contributed by atoms with E-state index in [4.69, 9.17) is 4.98 Å². The van der Waals surface area contributed by atoms with Gasteiger partial charge in [0.2, 0.25) is 0 Å². The van der Waals surface area contributed by atoms with Crippen LogP contribution in [0, 0.1) is 12.7 Å². The predicted octanol–water partition coefficient (Wildman–Crippen LogP) is 4.50. The van der Waals surface area contributed by atoms with Gasteiger partial charge in [-0.2, -0.15) is 5.10 Å². The van der Waals surface area contributed by atoms with E-state index >= 15 is 0 Å². The molecular weight excluding hydrogens is 303 g/mol. The van der Waals surface area contributed by atoms with E-state index < -0.39 is 0 Å². The summed E-state index contributed by atoms with van der Waals surface area (Å²) < 4.78 is 15.0. The second-order valence-electron chi connectivity index (χ2n) is 5.95. The second-order valence-corrected chi connectivity index (χ2v) is 5.95. The maximum absolute atomic E-state index is 13.1. The average molecular weight is 320 g/mol. The fourth-order valence-corrected chi connectivity index (χ4v) is 2.93. The quantitative estimate of drug-likeness (QED) is 0.604. The van der Waals surface area contributed by atoms with Crippen molar-refractivity contribution in [3.63, 3.8) is 0 Å². The summed E-state index contributed by atoms with van der Waals surface area (Å²) >= 11 is 0. The zero-order valence-electron chi connectivity index (χ0n) is 13.5. The van der Waals surface area contributed by atoms with Crippen LogP contribution in [-0.2, 0) is 0 Å². The number of aryl methyl sites for hydroxylation is 1. The smallest absolute Gasteiger partial charge is 0.158 e. The number of anilines is 1. The van der Waals surface area contributed by atoms with Gasteiger partial charge in [-0.3, -0.25) is 0 Å². The van der Waals surface area contributed by atoms with Gasteiger partial charge in [-0.25, -0.2) is 13.9 Å². The number of benzene rings is 2. The van der Waals surface area contributed by atoms with E-state index in [1.807, 2.05) is 48.7 Å². The Bertz CT molecular complexity index is 1020. The Kier molecular flexibility index (Phi) is 3.41. The topological polar surface area (TPSA) is 42.2 Å². The molecule has 4 nitrogen and oxygen atoms in total. The van der Waals surface area contributed by atoms with Crippen LogP contribution in [0.5, 0.6) is 0 Å². The summed E-state index contributed by atoms with van der Waals surface area (Å²) in [5.41, 5.74) is 3.74. The van der Waals surface area contributed by atoms with Crippen molar-refractivity contribution in [3.05, 3.63) is 71.7 Å². The molecule has 0 amide bonds. The summed E-state index contributed by atoms with van der Waals surface area (Å²) in [6, 6.07) is 16.5. The third-order valence-electron chi connectivity index (χ3n) is 4.15. The van der Waals surface area contributed by atoms with Crippen molar-refractivity contribution < 1.29 is 4.39 Å². The molecule has 2 heterocycles. The molecule has 0 aliphatic carbocycles. The van der Waals surface area contributed by atoms with E-state index in [0.717, 1.165) is 33.6 Å². The lowest BCUT2D eigenvalue weighted by molar-refractivity contribution is 0.626.